The Kier molecular flexibility index (Phi) is 5.55. The van der Waals surface area contributed by atoms with Gasteiger partial charge in [-0.1, -0.05) is 18.2 Å². The largest absolute Gasteiger partial charge is 0.324 e. The topological polar surface area (TPSA) is 110 Å². The van der Waals surface area contributed by atoms with Crippen molar-refractivity contribution in [3.8, 4) is 0 Å². The maximum atomic E-state index is 12.5. The van der Waals surface area contributed by atoms with Crippen molar-refractivity contribution in [3.05, 3.63) is 74.7 Å². The molecule has 2 aromatic rings. The molecular weight excluding hydrogens is 382 g/mol. The number of hydrogen-bond acceptors (Lipinski definition) is 6. The number of amides is 3. The van der Waals surface area contributed by atoms with Crippen LogP contribution in [0.4, 0.5) is 16.2 Å². The number of hydrogen-bond donors (Lipinski definition) is 1. The molecule has 1 N–H and O–H groups in total. The van der Waals surface area contributed by atoms with Gasteiger partial charge in [-0.05, 0) is 54.1 Å². The second-order valence-electron chi connectivity index (χ2n) is 5.98. The average molecular weight is 397 g/mol. The summed E-state index contributed by atoms with van der Waals surface area (Å²) in [5, 5.41) is 12.8. The normalized spacial score (nSPS) is 15.2. The first kappa shape index (κ1) is 19.3. The number of aryl methyl sites for hydroxylation is 1. The van der Waals surface area contributed by atoms with Crippen molar-refractivity contribution in [3.63, 3.8) is 0 Å². The number of carbonyl (C=O) groups excluding carboxylic acids is 3. The third kappa shape index (κ3) is 4.26. The summed E-state index contributed by atoms with van der Waals surface area (Å²) in [6.07, 6.45) is 1.47. The Morgan fingerprint density at radius 1 is 1.18 bits per heavy atom. The molecule has 0 spiro atoms. The fourth-order valence-electron chi connectivity index (χ4n) is 2.53. The van der Waals surface area contributed by atoms with Crippen LogP contribution in [-0.2, 0) is 9.59 Å². The van der Waals surface area contributed by atoms with E-state index in [4.69, 9.17) is 0 Å². The minimum Gasteiger partial charge on any atom is -0.324 e. The molecule has 1 heterocycles. The van der Waals surface area contributed by atoms with Crippen LogP contribution in [0.3, 0.4) is 0 Å². The van der Waals surface area contributed by atoms with Crippen molar-refractivity contribution >= 4 is 46.3 Å². The van der Waals surface area contributed by atoms with Crippen LogP contribution in [0.5, 0.6) is 0 Å². The molecule has 0 radical (unpaired) electrons. The number of nitrogens with one attached hydrogen (secondary N) is 1. The first-order valence-corrected chi connectivity index (χ1v) is 9.02. The van der Waals surface area contributed by atoms with Crippen molar-refractivity contribution in [2.45, 2.75) is 6.92 Å². The Balaban J connectivity index is 1.70. The summed E-state index contributed by atoms with van der Waals surface area (Å²) in [4.78, 5) is 48.0. The van der Waals surface area contributed by atoms with Crippen molar-refractivity contribution in [2.75, 3.05) is 11.9 Å². The lowest BCUT2D eigenvalue weighted by molar-refractivity contribution is -0.384. The molecule has 0 bridgehead atoms. The maximum absolute atomic E-state index is 12.5. The summed E-state index contributed by atoms with van der Waals surface area (Å²) < 4.78 is 0. The molecule has 0 unspecified atom stereocenters. The molecule has 142 valence electrons. The van der Waals surface area contributed by atoms with Gasteiger partial charge in [-0.2, -0.15) is 0 Å². The highest BCUT2D eigenvalue weighted by Crippen LogP contribution is 2.32. The van der Waals surface area contributed by atoms with Gasteiger partial charge in [-0.3, -0.25) is 29.4 Å². The van der Waals surface area contributed by atoms with Gasteiger partial charge in [0.05, 0.1) is 9.83 Å². The van der Waals surface area contributed by atoms with Gasteiger partial charge < -0.3 is 5.32 Å². The molecule has 3 amide bonds. The second kappa shape index (κ2) is 8.05. The van der Waals surface area contributed by atoms with Crippen LogP contribution in [0.25, 0.3) is 6.08 Å². The highest BCUT2D eigenvalue weighted by Gasteiger charge is 2.36. The Bertz CT molecular complexity index is 1000. The molecular formula is C19H15N3O5S. The molecule has 8 nitrogen and oxygen atoms in total. The van der Waals surface area contributed by atoms with Gasteiger partial charge >= 0.3 is 0 Å². The Labute approximate surface area is 164 Å². The zero-order valence-corrected chi connectivity index (χ0v) is 15.6. The molecule has 2 aromatic carbocycles. The molecule has 1 aliphatic heterocycles. The van der Waals surface area contributed by atoms with E-state index in [2.05, 4.69) is 5.32 Å². The molecule has 3 rings (SSSR count). The van der Waals surface area contributed by atoms with Gasteiger partial charge in [0.1, 0.15) is 6.54 Å². The zero-order chi connectivity index (χ0) is 20.3. The Hall–Kier alpha value is -3.46. The summed E-state index contributed by atoms with van der Waals surface area (Å²) >= 11 is 0.723. The molecule has 0 saturated carbocycles. The molecule has 0 aliphatic carbocycles. The minimum absolute atomic E-state index is 0.0712. The molecule has 9 heteroatoms. The van der Waals surface area contributed by atoms with Crippen LogP contribution in [0.2, 0.25) is 0 Å². The molecule has 1 fully saturated rings. The monoisotopic (exact) mass is 397 g/mol. The molecule has 1 saturated heterocycles. The van der Waals surface area contributed by atoms with Gasteiger partial charge in [0, 0.05) is 17.8 Å². The van der Waals surface area contributed by atoms with Gasteiger partial charge in [0.15, 0.2) is 0 Å². The third-order valence-electron chi connectivity index (χ3n) is 4.00. The van der Waals surface area contributed by atoms with Crippen LogP contribution < -0.4 is 5.32 Å². The van der Waals surface area contributed by atoms with Gasteiger partial charge in [0.25, 0.3) is 16.8 Å². The third-order valence-corrected chi connectivity index (χ3v) is 4.90. The number of anilines is 1. The lowest BCUT2D eigenvalue weighted by atomic mass is 10.2. The van der Waals surface area contributed by atoms with E-state index >= 15 is 0 Å². The fraction of sp³-hybridized carbons (Fsp3) is 0.105. The smallest absolute Gasteiger partial charge is 0.294 e. The molecule has 1 aliphatic rings. The lowest BCUT2D eigenvalue weighted by Crippen LogP contribution is -2.36. The van der Waals surface area contributed by atoms with E-state index in [9.17, 15) is 24.5 Å². The van der Waals surface area contributed by atoms with Crippen LogP contribution in [-0.4, -0.2) is 33.4 Å². The SMILES string of the molecule is Cc1ccccc1NC(=O)CN1C(=O)S/C(=C\c2ccc([N+](=O)[O-])cc2)C1=O. The number of para-hydroxylation sites is 1. The maximum Gasteiger partial charge on any atom is 0.294 e. The number of non-ortho nitro benzene ring substituents is 1. The van der Waals surface area contributed by atoms with E-state index in [1.54, 1.807) is 12.1 Å². The second-order valence-corrected chi connectivity index (χ2v) is 6.97. The standard InChI is InChI=1S/C19H15N3O5S/c1-12-4-2-3-5-15(12)20-17(23)11-21-18(24)16(28-19(21)25)10-13-6-8-14(9-7-13)22(26)27/h2-10H,11H2,1H3,(H,20,23)/b16-10-. The number of thioether (sulfide) groups is 1. The number of carbonyl (C=O) groups is 3. The van der Waals surface area contributed by atoms with Gasteiger partial charge in [0.2, 0.25) is 5.91 Å². The number of rotatable bonds is 5. The number of nitrogens with zero attached hydrogens (tertiary/aromatic N) is 2. The Morgan fingerprint density at radius 2 is 1.86 bits per heavy atom. The number of nitro groups is 1. The van der Waals surface area contributed by atoms with E-state index in [0.717, 1.165) is 22.2 Å². The first-order valence-electron chi connectivity index (χ1n) is 8.20. The van der Waals surface area contributed by atoms with Crippen LogP contribution in [0.15, 0.2) is 53.4 Å². The summed E-state index contributed by atoms with van der Waals surface area (Å²) in [6.45, 7) is 1.44. The minimum atomic E-state index is -0.576. The fourth-order valence-corrected chi connectivity index (χ4v) is 3.36. The highest BCUT2D eigenvalue weighted by atomic mass is 32.2. The van der Waals surface area contributed by atoms with Crippen molar-refractivity contribution < 1.29 is 19.3 Å². The zero-order valence-electron chi connectivity index (χ0n) is 14.7. The van der Waals surface area contributed by atoms with Gasteiger partial charge in [-0.15, -0.1) is 0 Å². The highest BCUT2D eigenvalue weighted by molar-refractivity contribution is 8.18. The number of imide groups is 1. The van der Waals surface area contributed by atoms with E-state index < -0.39 is 28.5 Å². The average Bonchev–Trinajstić information content (AvgIpc) is 2.91. The predicted molar refractivity (Wildman–Crippen MR) is 106 cm³/mol. The van der Waals surface area contributed by atoms with Crippen LogP contribution in [0.1, 0.15) is 11.1 Å². The number of benzene rings is 2. The lowest BCUT2D eigenvalue weighted by Gasteiger charge is -2.13. The Morgan fingerprint density at radius 3 is 2.50 bits per heavy atom. The van der Waals surface area contributed by atoms with Crippen molar-refractivity contribution in [1.29, 1.82) is 0 Å². The van der Waals surface area contributed by atoms with Crippen LogP contribution >= 0.6 is 11.8 Å². The van der Waals surface area contributed by atoms with Gasteiger partial charge in [-0.25, -0.2) is 0 Å². The van der Waals surface area contributed by atoms with E-state index in [1.165, 1.54) is 30.3 Å². The van der Waals surface area contributed by atoms with E-state index in [-0.39, 0.29) is 10.6 Å². The van der Waals surface area contributed by atoms with Crippen LogP contribution in [0, 0.1) is 17.0 Å². The quantitative estimate of drug-likeness (QED) is 0.469. The summed E-state index contributed by atoms with van der Waals surface area (Å²) in [6, 6.07) is 12.8. The molecule has 0 atom stereocenters. The summed E-state index contributed by atoms with van der Waals surface area (Å²) in [7, 11) is 0. The summed E-state index contributed by atoms with van der Waals surface area (Å²) in [5.41, 5.74) is 1.95. The predicted octanol–water partition coefficient (Wildman–Crippen LogP) is 3.58. The molecule has 0 aromatic heterocycles. The summed E-state index contributed by atoms with van der Waals surface area (Å²) in [5.74, 6) is -1.05. The van der Waals surface area contributed by atoms with E-state index in [1.807, 2.05) is 19.1 Å². The van der Waals surface area contributed by atoms with Crippen molar-refractivity contribution in [2.24, 2.45) is 0 Å². The first-order chi connectivity index (χ1) is 13.3. The van der Waals surface area contributed by atoms with Crippen molar-refractivity contribution in [1.82, 2.24) is 4.90 Å². The number of nitro benzene ring substituents is 1. The molecule has 28 heavy (non-hydrogen) atoms. The van der Waals surface area contributed by atoms with E-state index in [0.29, 0.717) is 11.3 Å².